The van der Waals surface area contributed by atoms with Crippen molar-refractivity contribution < 1.29 is 29.7 Å². The molecule has 1 aliphatic rings. The Morgan fingerprint density at radius 2 is 2.04 bits per heavy atom. The van der Waals surface area contributed by atoms with E-state index in [0.29, 0.717) is 31.8 Å². The first-order valence-electron chi connectivity index (χ1n) is 7.94. The van der Waals surface area contributed by atoms with Crippen molar-refractivity contribution in [2.45, 2.75) is 18.9 Å². The van der Waals surface area contributed by atoms with Gasteiger partial charge in [-0.1, -0.05) is 0 Å². The van der Waals surface area contributed by atoms with Crippen LogP contribution in [0.2, 0.25) is 0 Å². The predicted molar refractivity (Wildman–Crippen MR) is 95.0 cm³/mol. The molecule has 12 nitrogen and oxygen atoms in total. The van der Waals surface area contributed by atoms with Gasteiger partial charge >= 0.3 is 0 Å². The van der Waals surface area contributed by atoms with Crippen molar-refractivity contribution in [2.75, 3.05) is 32.4 Å². The third kappa shape index (κ3) is 9.91. The van der Waals surface area contributed by atoms with E-state index in [-0.39, 0.29) is 30.2 Å². The second kappa shape index (κ2) is 13.2. The summed E-state index contributed by atoms with van der Waals surface area (Å²) in [4.78, 5) is 48.6. The maximum atomic E-state index is 12.1. The fraction of sp³-hybridized carbons (Fsp3) is 0.533. The van der Waals surface area contributed by atoms with Gasteiger partial charge in [-0.05, 0) is 13.5 Å². The van der Waals surface area contributed by atoms with Crippen molar-refractivity contribution in [1.82, 2.24) is 20.2 Å². The van der Waals surface area contributed by atoms with Gasteiger partial charge in [0.05, 0.1) is 12.0 Å². The number of H-pyrrole nitrogens is 1. The molecule has 7 N–H and O–H groups in total. The number of carboxylic acid groups (broad SMARTS) is 2. The quantitative estimate of drug-likeness (QED) is 0.306. The van der Waals surface area contributed by atoms with Gasteiger partial charge in [0.15, 0.2) is 0 Å². The van der Waals surface area contributed by atoms with Crippen molar-refractivity contribution in [1.29, 1.82) is 0 Å². The van der Waals surface area contributed by atoms with Gasteiger partial charge in [-0.15, -0.1) is 0 Å². The van der Waals surface area contributed by atoms with Gasteiger partial charge in [-0.25, -0.2) is 4.98 Å². The number of aliphatic hydroxyl groups excluding tert-OH is 1. The molecule has 1 fully saturated rings. The highest BCUT2D eigenvalue weighted by Gasteiger charge is 2.31. The van der Waals surface area contributed by atoms with Crippen molar-refractivity contribution in [3.05, 3.63) is 22.2 Å². The number of hydrogen-bond acceptors (Lipinski definition) is 8. The zero-order valence-electron chi connectivity index (χ0n) is 14.9. The number of piperidine rings is 1. The number of aliphatic hydroxyl groups is 1. The van der Waals surface area contributed by atoms with Gasteiger partial charge in [0.25, 0.3) is 18.5 Å². The van der Waals surface area contributed by atoms with E-state index >= 15 is 0 Å². The minimum atomic E-state index is -0.605. The average molecular weight is 387 g/mol. The first-order chi connectivity index (χ1) is 12.8. The first kappa shape index (κ1) is 24.0. The van der Waals surface area contributed by atoms with Crippen LogP contribution in [0.3, 0.4) is 0 Å². The van der Waals surface area contributed by atoms with Gasteiger partial charge in [-0.3, -0.25) is 19.2 Å². The van der Waals surface area contributed by atoms with Gasteiger partial charge < -0.3 is 36.3 Å². The van der Waals surface area contributed by atoms with Gasteiger partial charge in [0.1, 0.15) is 11.6 Å². The average Bonchev–Trinajstić information content (AvgIpc) is 2.57. The number of anilines is 1. The molecule has 12 heteroatoms. The Morgan fingerprint density at radius 1 is 1.44 bits per heavy atom. The third-order valence-corrected chi connectivity index (χ3v) is 3.59. The van der Waals surface area contributed by atoms with E-state index in [1.54, 1.807) is 0 Å². The van der Waals surface area contributed by atoms with Gasteiger partial charge in [0, 0.05) is 32.1 Å². The monoisotopic (exact) mass is 387 g/mol. The Balaban J connectivity index is 0.000000997. The molecule has 2 rings (SSSR count). The third-order valence-electron chi connectivity index (χ3n) is 3.59. The lowest BCUT2D eigenvalue weighted by Crippen LogP contribution is -2.49. The Morgan fingerprint density at radius 3 is 2.59 bits per heavy atom. The molecule has 0 spiro atoms. The topological polar surface area (TPSA) is 199 Å². The number of nitrogen functional groups attached to an aromatic ring is 1. The number of nitrogens with one attached hydrogen (secondary N) is 2. The standard InChI is InChI=1S/C13H21N5O3.2CH2O2/c1-18-5-3-9(19)8(7-18)13(21)15-4-2-11-16-10(14)6-12(20)17-11;2*2-1-3/h6,8-9,19H,2-5,7H2,1H3,(H,15,21)(H3,14,16,17,20);2*1H,(H,2,3)/t8-,9-;;/m1../s1. The van der Waals surface area contributed by atoms with E-state index < -0.39 is 12.0 Å². The minimum Gasteiger partial charge on any atom is -0.483 e. The molecule has 1 aromatic rings. The van der Waals surface area contributed by atoms with E-state index in [2.05, 4.69) is 15.3 Å². The van der Waals surface area contributed by atoms with Gasteiger partial charge in [0.2, 0.25) is 5.91 Å². The van der Waals surface area contributed by atoms with Crippen LogP contribution >= 0.6 is 0 Å². The number of aromatic amines is 1. The van der Waals surface area contributed by atoms with E-state index in [1.807, 2.05) is 11.9 Å². The summed E-state index contributed by atoms with van der Waals surface area (Å²) in [5.41, 5.74) is 5.17. The minimum absolute atomic E-state index is 0.157. The van der Waals surface area contributed by atoms with Crippen molar-refractivity contribution in [3.8, 4) is 0 Å². The number of nitrogens with two attached hydrogens (primary N) is 1. The molecule has 1 amide bonds. The number of hydrogen-bond donors (Lipinski definition) is 6. The summed E-state index contributed by atoms with van der Waals surface area (Å²) in [6.07, 6.45) is 0.370. The van der Waals surface area contributed by atoms with Crippen molar-refractivity contribution >= 4 is 24.7 Å². The molecular formula is C15H25N5O7. The molecule has 1 aromatic heterocycles. The van der Waals surface area contributed by atoms with Crippen LogP contribution in [0.4, 0.5) is 5.82 Å². The molecule has 0 aromatic carbocycles. The maximum Gasteiger partial charge on any atom is 0.290 e. The number of carbonyl (C=O) groups excluding carboxylic acids is 1. The summed E-state index contributed by atoms with van der Waals surface area (Å²) in [6.45, 7) is 1.16. The summed E-state index contributed by atoms with van der Waals surface area (Å²) in [6, 6.07) is 1.20. The molecular weight excluding hydrogens is 362 g/mol. The second-order valence-corrected chi connectivity index (χ2v) is 5.59. The first-order valence-corrected chi connectivity index (χ1v) is 7.94. The van der Waals surface area contributed by atoms with Crippen molar-refractivity contribution in [2.24, 2.45) is 5.92 Å². The molecule has 0 bridgehead atoms. The molecule has 0 unspecified atom stereocenters. The summed E-state index contributed by atoms with van der Waals surface area (Å²) in [7, 11) is 1.92. The number of rotatable bonds is 4. The highest BCUT2D eigenvalue weighted by Crippen LogP contribution is 2.16. The van der Waals surface area contributed by atoms with Gasteiger partial charge in [-0.2, -0.15) is 0 Å². The molecule has 0 saturated carbocycles. The van der Waals surface area contributed by atoms with Crippen LogP contribution in [0.5, 0.6) is 0 Å². The van der Waals surface area contributed by atoms with E-state index in [0.717, 1.165) is 6.54 Å². The molecule has 1 saturated heterocycles. The number of amides is 1. The Bertz CT molecular complexity index is 646. The summed E-state index contributed by atoms with van der Waals surface area (Å²) in [5, 5.41) is 26.4. The normalized spacial score (nSPS) is 18.7. The SMILES string of the molecule is CN1CC[C@@H](O)[C@H](C(=O)NCCc2nc(N)cc(=O)[nH]2)C1.O=CO.O=CO. The van der Waals surface area contributed by atoms with E-state index in [9.17, 15) is 14.7 Å². The Hall–Kier alpha value is -2.99. The lowest BCUT2D eigenvalue weighted by atomic mass is 9.94. The van der Waals surface area contributed by atoms with Crippen LogP contribution in [0.1, 0.15) is 12.2 Å². The van der Waals surface area contributed by atoms with Crippen LogP contribution < -0.4 is 16.6 Å². The van der Waals surface area contributed by atoms with Crippen LogP contribution in [0.25, 0.3) is 0 Å². The summed E-state index contributed by atoms with van der Waals surface area (Å²) in [5.74, 6) is -0.0112. The molecule has 0 aliphatic carbocycles. The predicted octanol–water partition coefficient (Wildman–Crippen LogP) is -2.27. The molecule has 1 aliphatic heterocycles. The van der Waals surface area contributed by atoms with Crippen LogP contribution in [0, 0.1) is 5.92 Å². The summed E-state index contributed by atoms with van der Waals surface area (Å²) < 4.78 is 0. The Labute approximate surface area is 155 Å². The highest BCUT2D eigenvalue weighted by atomic mass is 16.3. The van der Waals surface area contributed by atoms with Crippen LogP contribution in [-0.4, -0.2) is 81.8 Å². The van der Waals surface area contributed by atoms with Crippen LogP contribution in [0.15, 0.2) is 10.9 Å². The number of nitrogens with zero attached hydrogens (tertiary/aromatic N) is 2. The largest absolute Gasteiger partial charge is 0.483 e. The molecule has 152 valence electrons. The van der Waals surface area contributed by atoms with Crippen molar-refractivity contribution in [3.63, 3.8) is 0 Å². The number of aromatic nitrogens is 2. The Kier molecular flexibility index (Phi) is 11.8. The fourth-order valence-electron chi connectivity index (χ4n) is 2.44. The molecule has 2 heterocycles. The molecule has 2 atom stereocenters. The van der Waals surface area contributed by atoms with Crippen LogP contribution in [-0.2, 0) is 20.8 Å². The summed E-state index contributed by atoms with van der Waals surface area (Å²) >= 11 is 0. The van der Waals surface area contributed by atoms with E-state index in [4.69, 9.17) is 25.5 Å². The highest BCUT2D eigenvalue weighted by molar-refractivity contribution is 5.79. The van der Waals surface area contributed by atoms with E-state index in [1.165, 1.54) is 6.07 Å². The maximum absolute atomic E-state index is 12.1. The number of likely N-dealkylation sites (tertiary alicyclic amines) is 1. The lowest BCUT2D eigenvalue weighted by molar-refractivity contribution is -0.131. The zero-order valence-corrected chi connectivity index (χ0v) is 14.9. The smallest absolute Gasteiger partial charge is 0.290 e. The second-order valence-electron chi connectivity index (χ2n) is 5.59. The number of carbonyl (C=O) groups is 3. The molecule has 27 heavy (non-hydrogen) atoms. The zero-order chi connectivity index (χ0) is 20.8. The fourth-order valence-corrected chi connectivity index (χ4v) is 2.44. The lowest BCUT2D eigenvalue weighted by Gasteiger charge is -2.32. The molecule has 0 radical (unpaired) electrons.